The summed E-state index contributed by atoms with van der Waals surface area (Å²) in [6.07, 6.45) is 2.92. The first-order chi connectivity index (χ1) is 8.19. The van der Waals surface area contributed by atoms with Gasteiger partial charge in [-0.15, -0.1) is 0 Å². The SMILES string of the molecule is N#CC1(Nc2ccc(O)c(CCF)c2)CCC1. The van der Waals surface area contributed by atoms with Gasteiger partial charge in [-0.1, -0.05) is 0 Å². The molecule has 0 atom stereocenters. The summed E-state index contributed by atoms with van der Waals surface area (Å²) in [5.41, 5.74) is 0.877. The molecular formula is C13H15FN2O. The van der Waals surface area contributed by atoms with E-state index in [9.17, 15) is 9.50 Å². The lowest BCUT2D eigenvalue weighted by atomic mass is 9.78. The van der Waals surface area contributed by atoms with Gasteiger partial charge in [0, 0.05) is 12.1 Å². The lowest BCUT2D eigenvalue weighted by molar-refractivity contribution is 0.356. The number of aryl methyl sites for hydroxylation is 1. The van der Waals surface area contributed by atoms with Crippen LogP contribution >= 0.6 is 0 Å². The van der Waals surface area contributed by atoms with Gasteiger partial charge in [0.25, 0.3) is 0 Å². The Morgan fingerprint density at radius 2 is 2.24 bits per heavy atom. The molecule has 2 N–H and O–H groups in total. The second-order valence-electron chi connectivity index (χ2n) is 4.45. The Morgan fingerprint density at radius 1 is 1.47 bits per heavy atom. The van der Waals surface area contributed by atoms with Crippen molar-refractivity contribution in [2.45, 2.75) is 31.2 Å². The van der Waals surface area contributed by atoms with E-state index < -0.39 is 12.2 Å². The summed E-state index contributed by atoms with van der Waals surface area (Å²) in [5, 5.41) is 21.8. The number of hydrogen-bond acceptors (Lipinski definition) is 3. The minimum absolute atomic E-state index is 0.104. The number of halogens is 1. The molecule has 17 heavy (non-hydrogen) atoms. The summed E-state index contributed by atoms with van der Waals surface area (Å²) in [4.78, 5) is 0. The number of nitriles is 1. The topological polar surface area (TPSA) is 56.0 Å². The summed E-state index contributed by atoms with van der Waals surface area (Å²) in [5.74, 6) is 0.104. The molecule has 4 heteroatoms. The molecule has 0 heterocycles. The van der Waals surface area contributed by atoms with Gasteiger partial charge < -0.3 is 10.4 Å². The monoisotopic (exact) mass is 234 g/mol. The van der Waals surface area contributed by atoms with Crippen molar-refractivity contribution in [1.82, 2.24) is 0 Å². The van der Waals surface area contributed by atoms with Crippen LogP contribution in [0.5, 0.6) is 5.75 Å². The van der Waals surface area contributed by atoms with E-state index in [0.29, 0.717) is 5.56 Å². The molecule has 1 aromatic rings. The van der Waals surface area contributed by atoms with Crippen molar-refractivity contribution in [3.63, 3.8) is 0 Å². The molecule has 1 aromatic carbocycles. The molecule has 0 saturated heterocycles. The molecule has 3 nitrogen and oxygen atoms in total. The predicted molar refractivity (Wildman–Crippen MR) is 63.6 cm³/mol. The number of benzene rings is 1. The maximum atomic E-state index is 12.3. The summed E-state index contributed by atoms with van der Waals surface area (Å²) < 4.78 is 12.3. The first-order valence-corrected chi connectivity index (χ1v) is 5.76. The number of anilines is 1. The summed E-state index contributed by atoms with van der Waals surface area (Å²) in [6, 6.07) is 7.25. The van der Waals surface area contributed by atoms with E-state index in [4.69, 9.17) is 5.26 Å². The minimum Gasteiger partial charge on any atom is -0.508 e. The molecule has 0 spiro atoms. The fourth-order valence-electron chi connectivity index (χ4n) is 2.04. The standard InChI is InChI=1S/C13H15FN2O/c14-7-4-10-8-11(2-3-12(10)17)16-13(9-15)5-1-6-13/h2-3,8,16-17H,1,4-7H2. The van der Waals surface area contributed by atoms with Gasteiger partial charge in [0.05, 0.1) is 12.7 Å². The Labute approximate surface area is 99.9 Å². The third-order valence-electron chi connectivity index (χ3n) is 3.25. The highest BCUT2D eigenvalue weighted by Crippen LogP contribution is 2.35. The molecule has 1 saturated carbocycles. The van der Waals surface area contributed by atoms with Crippen molar-refractivity contribution in [3.8, 4) is 11.8 Å². The lowest BCUT2D eigenvalue weighted by Crippen LogP contribution is -2.43. The maximum Gasteiger partial charge on any atom is 0.125 e. The maximum absolute atomic E-state index is 12.3. The van der Waals surface area contributed by atoms with E-state index in [1.807, 2.05) is 0 Å². The zero-order chi connectivity index (χ0) is 12.3. The number of rotatable bonds is 4. The van der Waals surface area contributed by atoms with Gasteiger partial charge in [-0.2, -0.15) is 5.26 Å². The van der Waals surface area contributed by atoms with Crippen molar-refractivity contribution in [2.75, 3.05) is 12.0 Å². The largest absolute Gasteiger partial charge is 0.508 e. The second-order valence-corrected chi connectivity index (χ2v) is 4.45. The number of phenols is 1. The molecule has 0 aliphatic heterocycles. The highest BCUT2D eigenvalue weighted by Gasteiger charge is 2.37. The molecule has 2 rings (SSSR count). The van der Waals surface area contributed by atoms with E-state index in [0.717, 1.165) is 24.9 Å². The van der Waals surface area contributed by atoms with Crippen LogP contribution in [0.1, 0.15) is 24.8 Å². The third-order valence-corrected chi connectivity index (χ3v) is 3.25. The Morgan fingerprint density at radius 3 is 2.76 bits per heavy atom. The molecule has 90 valence electrons. The number of alkyl halides is 1. The lowest BCUT2D eigenvalue weighted by Gasteiger charge is -2.36. The highest BCUT2D eigenvalue weighted by molar-refractivity contribution is 5.54. The molecule has 1 aliphatic carbocycles. The van der Waals surface area contributed by atoms with Crippen LogP contribution in [0.3, 0.4) is 0 Å². The van der Waals surface area contributed by atoms with Gasteiger partial charge in [0.1, 0.15) is 11.3 Å². The second kappa shape index (κ2) is 4.62. The smallest absolute Gasteiger partial charge is 0.125 e. The van der Waals surface area contributed by atoms with Gasteiger partial charge in [0.2, 0.25) is 0 Å². The van der Waals surface area contributed by atoms with Crippen LogP contribution in [0.25, 0.3) is 0 Å². The molecule has 1 aliphatic rings. The van der Waals surface area contributed by atoms with E-state index in [2.05, 4.69) is 11.4 Å². The van der Waals surface area contributed by atoms with Gasteiger partial charge in [-0.05, 0) is 43.0 Å². The number of phenolic OH excluding ortho intramolecular Hbond substituents is 1. The first-order valence-electron chi connectivity index (χ1n) is 5.76. The number of hydrogen-bond donors (Lipinski definition) is 2. The molecule has 0 bridgehead atoms. The van der Waals surface area contributed by atoms with Crippen LogP contribution < -0.4 is 5.32 Å². The fraction of sp³-hybridized carbons (Fsp3) is 0.462. The van der Waals surface area contributed by atoms with Crippen LogP contribution in [0, 0.1) is 11.3 Å². The summed E-state index contributed by atoms with van der Waals surface area (Å²) in [7, 11) is 0. The Bertz CT molecular complexity index is 449. The Hall–Kier alpha value is -1.76. The van der Waals surface area contributed by atoms with Crippen molar-refractivity contribution >= 4 is 5.69 Å². The molecule has 0 amide bonds. The van der Waals surface area contributed by atoms with E-state index >= 15 is 0 Å². The molecular weight excluding hydrogens is 219 g/mol. The number of aromatic hydroxyl groups is 1. The quantitative estimate of drug-likeness (QED) is 0.787. The number of nitrogens with zero attached hydrogens (tertiary/aromatic N) is 1. The van der Waals surface area contributed by atoms with Crippen LogP contribution in [-0.2, 0) is 6.42 Å². The third kappa shape index (κ3) is 2.33. The van der Waals surface area contributed by atoms with Gasteiger partial charge >= 0.3 is 0 Å². The van der Waals surface area contributed by atoms with Gasteiger partial charge in [-0.25, -0.2) is 0 Å². The zero-order valence-corrected chi connectivity index (χ0v) is 9.54. The highest BCUT2D eigenvalue weighted by atomic mass is 19.1. The summed E-state index contributed by atoms with van der Waals surface area (Å²) in [6.45, 7) is -0.500. The first kappa shape index (κ1) is 11.7. The zero-order valence-electron chi connectivity index (χ0n) is 9.54. The Kier molecular flexibility index (Phi) is 3.19. The van der Waals surface area contributed by atoms with Crippen molar-refractivity contribution in [1.29, 1.82) is 5.26 Å². The molecule has 1 fully saturated rings. The average Bonchev–Trinajstić information content (AvgIpc) is 2.28. The number of nitrogens with one attached hydrogen (secondary N) is 1. The van der Waals surface area contributed by atoms with Gasteiger partial charge in [0.15, 0.2) is 0 Å². The average molecular weight is 234 g/mol. The molecule has 0 radical (unpaired) electrons. The fourth-order valence-corrected chi connectivity index (χ4v) is 2.04. The Balaban J connectivity index is 2.16. The normalized spacial score (nSPS) is 16.9. The van der Waals surface area contributed by atoms with E-state index in [1.54, 1.807) is 12.1 Å². The van der Waals surface area contributed by atoms with Crippen LogP contribution in [0.4, 0.5) is 10.1 Å². The minimum atomic E-state index is -0.500. The van der Waals surface area contributed by atoms with Crippen molar-refractivity contribution in [3.05, 3.63) is 23.8 Å². The van der Waals surface area contributed by atoms with Crippen LogP contribution in [0.15, 0.2) is 18.2 Å². The van der Waals surface area contributed by atoms with E-state index in [-0.39, 0.29) is 12.2 Å². The van der Waals surface area contributed by atoms with Crippen molar-refractivity contribution < 1.29 is 9.50 Å². The summed E-state index contributed by atoms with van der Waals surface area (Å²) >= 11 is 0. The van der Waals surface area contributed by atoms with Crippen LogP contribution in [-0.4, -0.2) is 17.3 Å². The molecule has 0 unspecified atom stereocenters. The van der Waals surface area contributed by atoms with E-state index in [1.165, 1.54) is 6.07 Å². The van der Waals surface area contributed by atoms with Crippen LogP contribution in [0.2, 0.25) is 0 Å². The predicted octanol–water partition coefficient (Wildman–Crippen LogP) is 2.76. The van der Waals surface area contributed by atoms with Crippen molar-refractivity contribution in [2.24, 2.45) is 0 Å². The van der Waals surface area contributed by atoms with Gasteiger partial charge in [-0.3, -0.25) is 4.39 Å². The molecule has 0 aromatic heterocycles.